The Morgan fingerprint density at radius 2 is 2.17 bits per heavy atom. The number of aromatic nitrogens is 3. The molecule has 3 rings (SSSR count). The average molecular weight is 313 g/mol. The zero-order chi connectivity index (χ0) is 16.2. The average Bonchev–Trinajstić information content (AvgIpc) is 3.02. The summed E-state index contributed by atoms with van der Waals surface area (Å²) >= 11 is 0. The van der Waals surface area contributed by atoms with Gasteiger partial charge in [0.25, 0.3) is 0 Å². The van der Waals surface area contributed by atoms with Crippen molar-refractivity contribution in [3.05, 3.63) is 36.2 Å². The van der Waals surface area contributed by atoms with E-state index in [9.17, 15) is 0 Å². The minimum atomic E-state index is 0.386. The van der Waals surface area contributed by atoms with Crippen LogP contribution in [0.15, 0.2) is 30.5 Å². The van der Waals surface area contributed by atoms with E-state index in [0.29, 0.717) is 11.8 Å². The van der Waals surface area contributed by atoms with Crippen molar-refractivity contribution in [3.63, 3.8) is 0 Å². The first-order valence-electron chi connectivity index (χ1n) is 8.67. The Balaban J connectivity index is 1.87. The maximum Gasteiger partial charge on any atom is 0.153 e. The number of fused-ring (bicyclic) bond motifs is 1. The third-order valence-corrected chi connectivity index (χ3v) is 4.76. The zero-order valence-corrected chi connectivity index (χ0v) is 14.2. The predicted octanol–water partition coefficient (Wildman–Crippen LogP) is 2.97. The van der Waals surface area contributed by atoms with Crippen LogP contribution in [-0.4, -0.2) is 34.7 Å². The number of nitrogens with zero attached hydrogens (tertiary/aromatic N) is 4. The topological polar surface area (TPSA) is 59.5 Å². The monoisotopic (exact) mass is 313 g/mol. The van der Waals surface area contributed by atoms with Crippen molar-refractivity contribution in [3.8, 4) is 0 Å². The van der Waals surface area contributed by atoms with E-state index in [1.165, 1.54) is 18.5 Å². The predicted molar refractivity (Wildman–Crippen MR) is 94.8 cm³/mol. The van der Waals surface area contributed by atoms with Crippen LogP contribution in [0.3, 0.4) is 0 Å². The van der Waals surface area contributed by atoms with Crippen molar-refractivity contribution in [2.75, 3.05) is 25.0 Å². The summed E-state index contributed by atoms with van der Waals surface area (Å²) in [5.74, 6) is 1.91. The quantitative estimate of drug-likeness (QED) is 0.833. The summed E-state index contributed by atoms with van der Waals surface area (Å²) in [5.41, 5.74) is 7.86. The molecule has 2 atom stereocenters. The Labute approximate surface area is 138 Å². The van der Waals surface area contributed by atoms with Gasteiger partial charge in [-0.05, 0) is 43.9 Å². The van der Waals surface area contributed by atoms with E-state index < -0.39 is 0 Å². The Bertz CT molecular complexity index is 675. The van der Waals surface area contributed by atoms with Gasteiger partial charge in [-0.25, -0.2) is 9.50 Å². The second kappa shape index (κ2) is 7.13. The van der Waals surface area contributed by atoms with Gasteiger partial charge in [-0.1, -0.05) is 25.5 Å². The molecule has 0 bridgehead atoms. The van der Waals surface area contributed by atoms with Crippen LogP contribution in [0, 0.1) is 5.92 Å². The molecule has 1 aliphatic rings. The molecule has 5 nitrogen and oxygen atoms in total. The molecule has 0 radical (unpaired) electrons. The SMILES string of the molecule is CCCCN(C)c1ccc2ncc(C3C=CC(CN)CC3)n2n1. The van der Waals surface area contributed by atoms with Gasteiger partial charge in [-0.15, -0.1) is 5.10 Å². The maximum absolute atomic E-state index is 5.76. The number of hydrogen-bond donors (Lipinski definition) is 1. The Hall–Kier alpha value is -1.88. The molecule has 5 heteroatoms. The maximum atomic E-state index is 5.76. The van der Waals surface area contributed by atoms with Gasteiger partial charge in [0.1, 0.15) is 5.82 Å². The highest BCUT2D eigenvalue weighted by Gasteiger charge is 2.20. The lowest BCUT2D eigenvalue weighted by Crippen LogP contribution is -2.21. The third-order valence-electron chi connectivity index (χ3n) is 4.76. The Morgan fingerprint density at radius 3 is 2.87 bits per heavy atom. The van der Waals surface area contributed by atoms with Crippen molar-refractivity contribution in [1.29, 1.82) is 0 Å². The number of imidazole rings is 1. The number of anilines is 1. The van der Waals surface area contributed by atoms with Crippen LogP contribution in [0.1, 0.15) is 44.2 Å². The second-order valence-corrected chi connectivity index (χ2v) is 6.48. The lowest BCUT2D eigenvalue weighted by atomic mass is 9.87. The summed E-state index contributed by atoms with van der Waals surface area (Å²) in [7, 11) is 2.10. The van der Waals surface area contributed by atoms with Crippen molar-refractivity contribution in [1.82, 2.24) is 14.6 Å². The van der Waals surface area contributed by atoms with Gasteiger partial charge in [0.05, 0.1) is 11.9 Å². The molecular weight excluding hydrogens is 286 g/mol. The first-order valence-corrected chi connectivity index (χ1v) is 8.67. The molecule has 124 valence electrons. The fraction of sp³-hybridized carbons (Fsp3) is 0.556. The molecule has 0 amide bonds. The zero-order valence-electron chi connectivity index (χ0n) is 14.2. The second-order valence-electron chi connectivity index (χ2n) is 6.48. The molecule has 2 unspecified atom stereocenters. The lowest BCUT2D eigenvalue weighted by molar-refractivity contribution is 0.510. The van der Waals surface area contributed by atoms with E-state index in [1.54, 1.807) is 0 Å². The highest BCUT2D eigenvalue weighted by molar-refractivity contribution is 5.47. The minimum absolute atomic E-state index is 0.386. The molecule has 23 heavy (non-hydrogen) atoms. The van der Waals surface area contributed by atoms with E-state index in [2.05, 4.69) is 48.1 Å². The Kier molecular flexibility index (Phi) is 4.96. The van der Waals surface area contributed by atoms with Crippen LogP contribution in [0.4, 0.5) is 5.82 Å². The van der Waals surface area contributed by atoms with E-state index in [-0.39, 0.29) is 0 Å². The van der Waals surface area contributed by atoms with Gasteiger partial charge in [-0.3, -0.25) is 0 Å². The van der Waals surface area contributed by atoms with Crippen LogP contribution in [0.2, 0.25) is 0 Å². The van der Waals surface area contributed by atoms with Crippen molar-refractivity contribution in [2.45, 2.75) is 38.5 Å². The third kappa shape index (κ3) is 3.39. The summed E-state index contributed by atoms with van der Waals surface area (Å²) in [4.78, 5) is 6.74. The first kappa shape index (κ1) is 16.0. The fourth-order valence-corrected chi connectivity index (χ4v) is 3.17. The highest BCUT2D eigenvalue weighted by Crippen LogP contribution is 2.30. The van der Waals surface area contributed by atoms with Crippen LogP contribution in [0.25, 0.3) is 5.65 Å². The summed E-state index contributed by atoms with van der Waals surface area (Å²) in [6.45, 7) is 3.98. The number of hydrogen-bond acceptors (Lipinski definition) is 4. The summed E-state index contributed by atoms with van der Waals surface area (Å²) in [5, 5.41) is 4.82. The van der Waals surface area contributed by atoms with Crippen molar-refractivity contribution < 1.29 is 0 Å². The number of allylic oxidation sites excluding steroid dienone is 1. The summed E-state index contributed by atoms with van der Waals surface area (Å²) < 4.78 is 2.01. The van der Waals surface area contributed by atoms with Gasteiger partial charge < -0.3 is 10.6 Å². The number of nitrogens with two attached hydrogens (primary N) is 1. The summed E-state index contributed by atoms with van der Waals surface area (Å²) in [6, 6.07) is 4.12. The lowest BCUT2D eigenvalue weighted by Gasteiger charge is -2.22. The van der Waals surface area contributed by atoms with E-state index >= 15 is 0 Å². The van der Waals surface area contributed by atoms with Crippen LogP contribution in [0.5, 0.6) is 0 Å². The Morgan fingerprint density at radius 1 is 1.30 bits per heavy atom. The normalized spacial score (nSPS) is 21.0. The largest absolute Gasteiger partial charge is 0.358 e. The van der Waals surface area contributed by atoms with Gasteiger partial charge in [0.2, 0.25) is 0 Å². The fourth-order valence-electron chi connectivity index (χ4n) is 3.17. The first-order chi connectivity index (χ1) is 11.2. The highest BCUT2D eigenvalue weighted by atomic mass is 15.3. The molecule has 2 N–H and O–H groups in total. The molecular formula is C18H27N5. The summed E-state index contributed by atoms with van der Waals surface area (Å²) in [6.07, 6.45) is 11.1. The molecule has 0 aromatic carbocycles. The van der Waals surface area contributed by atoms with Gasteiger partial charge in [0, 0.05) is 19.5 Å². The van der Waals surface area contributed by atoms with Crippen molar-refractivity contribution >= 4 is 11.5 Å². The van der Waals surface area contributed by atoms with E-state index in [1.807, 2.05) is 10.7 Å². The molecule has 0 saturated carbocycles. The molecule has 2 aromatic heterocycles. The molecule has 1 aliphatic carbocycles. The smallest absolute Gasteiger partial charge is 0.153 e. The molecule has 0 aliphatic heterocycles. The van der Waals surface area contributed by atoms with Gasteiger partial charge in [-0.2, -0.15) is 0 Å². The molecule has 0 fully saturated rings. The number of rotatable bonds is 6. The van der Waals surface area contributed by atoms with Gasteiger partial charge >= 0.3 is 0 Å². The molecule has 0 saturated heterocycles. The van der Waals surface area contributed by atoms with E-state index in [0.717, 1.165) is 37.4 Å². The van der Waals surface area contributed by atoms with Crippen molar-refractivity contribution in [2.24, 2.45) is 11.7 Å². The van der Waals surface area contributed by atoms with Crippen LogP contribution < -0.4 is 10.6 Å². The molecule has 2 heterocycles. The standard InChI is InChI=1S/C18H27N5/c1-3-4-11-22(2)18-10-9-17-20-13-16(23(17)21-18)15-7-5-14(12-19)6-8-15/h5,7,9-10,13-15H,3-4,6,8,11-12,19H2,1-2H3. The number of unbranched alkanes of at least 4 members (excludes halogenated alkanes) is 1. The van der Waals surface area contributed by atoms with E-state index in [4.69, 9.17) is 10.8 Å². The molecule has 0 spiro atoms. The van der Waals surface area contributed by atoms with Crippen LogP contribution in [-0.2, 0) is 0 Å². The van der Waals surface area contributed by atoms with Crippen LogP contribution >= 0.6 is 0 Å². The van der Waals surface area contributed by atoms with Gasteiger partial charge in [0.15, 0.2) is 5.65 Å². The minimum Gasteiger partial charge on any atom is -0.358 e. The molecule has 2 aromatic rings.